The number of aromatic carboxylic acids is 1. The number of carbonyl (C=O) groups is 1. The van der Waals surface area contributed by atoms with E-state index in [-0.39, 0.29) is 0 Å². The summed E-state index contributed by atoms with van der Waals surface area (Å²) < 4.78 is 14.5. The summed E-state index contributed by atoms with van der Waals surface area (Å²) in [5, 5.41) is 11.5. The SMILES string of the molecule is O=C(O)c1ccc2c(C3CCCCC3)c3n(c2c1)CCOc1cc(Oc2ccc(Cl)cc2)ccc1-3. The van der Waals surface area contributed by atoms with Gasteiger partial charge in [-0.1, -0.05) is 36.9 Å². The molecule has 1 aliphatic heterocycles. The van der Waals surface area contributed by atoms with Crippen molar-refractivity contribution in [3.63, 3.8) is 0 Å². The van der Waals surface area contributed by atoms with Gasteiger partial charge in [0.25, 0.3) is 0 Å². The maximum atomic E-state index is 11.7. The summed E-state index contributed by atoms with van der Waals surface area (Å²) in [5.74, 6) is 1.74. The highest BCUT2D eigenvalue weighted by atomic mass is 35.5. The fourth-order valence-electron chi connectivity index (χ4n) is 5.60. The summed E-state index contributed by atoms with van der Waals surface area (Å²) in [6.07, 6.45) is 6.03. The predicted octanol–water partition coefficient (Wildman–Crippen LogP) is 7.89. The van der Waals surface area contributed by atoms with E-state index < -0.39 is 5.97 Å². The van der Waals surface area contributed by atoms with Gasteiger partial charge in [0.1, 0.15) is 23.9 Å². The molecule has 6 heteroatoms. The second-order valence-electron chi connectivity index (χ2n) is 9.35. The number of halogens is 1. The molecule has 3 aromatic carbocycles. The molecule has 6 rings (SSSR count). The summed E-state index contributed by atoms with van der Waals surface area (Å²) in [7, 11) is 0. The number of hydrogen-bond donors (Lipinski definition) is 1. The Morgan fingerprint density at radius 3 is 2.51 bits per heavy atom. The fraction of sp³-hybridized carbons (Fsp3) is 0.276. The first-order chi connectivity index (χ1) is 17.1. The van der Waals surface area contributed by atoms with Gasteiger partial charge in [-0.15, -0.1) is 0 Å². The average molecular weight is 488 g/mol. The molecule has 1 saturated carbocycles. The van der Waals surface area contributed by atoms with E-state index >= 15 is 0 Å². The van der Waals surface area contributed by atoms with Gasteiger partial charge in [-0.05, 0) is 72.9 Å². The van der Waals surface area contributed by atoms with Crippen molar-refractivity contribution in [3.05, 3.63) is 76.8 Å². The topological polar surface area (TPSA) is 60.7 Å². The molecular weight excluding hydrogens is 462 g/mol. The smallest absolute Gasteiger partial charge is 0.335 e. The monoisotopic (exact) mass is 487 g/mol. The third-order valence-corrected chi connectivity index (χ3v) is 7.45. The molecule has 1 aromatic heterocycles. The zero-order valence-corrected chi connectivity index (χ0v) is 20.1. The van der Waals surface area contributed by atoms with Crippen molar-refractivity contribution in [2.24, 2.45) is 0 Å². The highest BCUT2D eigenvalue weighted by molar-refractivity contribution is 6.30. The molecule has 0 unspecified atom stereocenters. The largest absolute Gasteiger partial charge is 0.491 e. The molecule has 178 valence electrons. The second kappa shape index (κ2) is 8.97. The van der Waals surface area contributed by atoms with Crippen LogP contribution in [0.1, 0.15) is 53.9 Å². The first-order valence-corrected chi connectivity index (χ1v) is 12.6. The lowest BCUT2D eigenvalue weighted by atomic mass is 9.81. The van der Waals surface area contributed by atoms with E-state index in [1.807, 2.05) is 36.4 Å². The summed E-state index contributed by atoms with van der Waals surface area (Å²) in [4.78, 5) is 11.7. The minimum atomic E-state index is -0.907. The molecular formula is C29H26ClNO4. The molecule has 1 N–H and O–H groups in total. The first kappa shape index (κ1) is 22.1. The van der Waals surface area contributed by atoms with Gasteiger partial charge < -0.3 is 19.1 Å². The van der Waals surface area contributed by atoms with Crippen molar-refractivity contribution in [1.29, 1.82) is 0 Å². The Balaban J connectivity index is 1.50. The van der Waals surface area contributed by atoms with Crippen LogP contribution in [0.2, 0.25) is 5.02 Å². The number of fused-ring (bicyclic) bond motifs is 5. The van der Waals surface area contributed by atoms with E-state index in [4.69, 9.17) is 21.1 Å². The van der Waals surface area contributed by atoms with Gasteiger partial charge in [0.2, 0.25) is 0 Å². The van der Waals surface area contributed by atoms with Gasteiger partial charge in [-0.25, -0.2) is 4.79 Å². The van der Waals surface area contributed by atoms with Crippen LogP contribution in [0.3, 0.4) is 0 Å². The maximum Gasteiger partial charge on any atom is 0.335 e. The lowest BCUT2D eigenvalue weighted by molar-refractivity contribution is 0.0697. The Hall–Kier alpha value is -3.44. The van der Waals surface area contributed by atoms with Crippen LogP contribution in [0.5, 0.6) is 17.2 Å². The maximum absolute atomic E-state index is 11.7. The molecule has 0 bridgehead atoms. The molecule has 0 saturated heterocycles. The van der Waals surface area contributed by atoms with Crippen LogP contribution >= 0.6 is 11.6 Å². The third-order valence-electron chi connectivity index (χ3n) is 7.19. The standard InChI is InChI=1S/C29H26ClNO4/c30-20-7-9-21(10-8-20)35-22-11-13-24-26(17-22)34-15-14-31-25-16-19(29(32)33)6-12-23(25)27(28(24)31)18-4-2-1-3-5-18/h6-13,16-18H,1-5,14-15H2,(H,32,33). The zero-order valence-electron chi connectivity index (χ0n) is 19.3. The highest BCUT2D eigenvalue weighted by Crippen LogP contribution is 2.48. The lowest BCUT2D eigenvalue weighted by Crippen LogP contribution is -2.07. The molecule has 1 aliphatic carbocycles. The van der Waals surface area contributed by atoms with Gasteiger partial charge >= 0.3 is 5.97 Å². The number of nitrogens with zero attached hydrogens (tertiary/aromatic N) is 1. The molecule has 2 aliphatic rings. The Bertz CT molecular complexity index is 1420. The van der Waals surface area contributed by atoms with E-state index in [1.165, 1.54) is 24.8 Å². The van der Waals surface area contributed by atoms with Crippen molar-refractivity contribution < 1.29 is 19.4 Å². The van der Waals surface area contributed by atoms with Crippen molar-refractivity contribution >= 4 is 28.5 Å². The molecule has 0 amide bonds. The van der Waals surface area contributed by atoms with Gasteiger partial charge in [0.05, 0.1) is 17.8 Å². The van der Waals surface area contributed by atoms with Gasteiger partial charge in [0, 0.05) is 27.6 Å². The highest BCUT2D eigenvalue weighted by Gasteiger charge is 2.29. The van der Waals surface area contributed by atoms with E-state index in [2.05, 4.69) is 10.6 Å². The van der Waals surface area contributed by atoms with Crippen LogP contribution in [0.25, 0.3) is 22.2 Å². The number of carboxylic acids is 1. The van der Waals surface area contributed by atoms with E-state index in [0.717, 1.165) is 40.8 Å². The number of rotatable bonds is 4. The molecule has 0 atom stereocenters. The van der Waals surface area contributed by atoms with Crippen molar-refractivity contribution in [2.75, 3.05) is 6.61 Å². The minimum absolute atomic E-state index is 0.310. The zero-order chi connectivity index (χ0) is 23.9. The number of hydrogen-bond acceptors (Lipinski definition) is 3. The lowest BCUT2D eigenvalue weighted by Gasteiger charge is -2.23. The number of carboxylic acid groups (broad SMARTS) is 1. The Morgan fingerprint density at radius 1 is 0.971 bits per heavy atom. The molecule has 0 radical (unpaired) electrons. The van der Waals surface area contributed by atoms with Crippen LogP contribution in [-0.2, 0) is 6.54 Å². The quantitative estimate of drug-likeness (QED) is 0.318. The Kier molecular flexibility index (Phi) is 5.65. The van der Waals surface area contributed by atoms with Crippen molar-refractivity contribution in [1.82, 2.24) is 4.57 Å². The summed E-state index contributed by atoms with van der Waals surface area (Å²) >= 11 is 6.00. The fourth-order valence-corrected chi connectivity index (χ4v) is 5.73. The van der Waals surface area contributed by atoms with Gasteiger partial charge in [-0.3, -0.25) is 0 Å². The molecule has 2 heterocycles. The van der Waals surface area contributed by atoms with Crippen LogP contribution in [-0.4, -0.2) is 22.2 Å². The molecule has 5 nitrogen and oxygen atoms in total. The van der Waals surface area contributed by atoms with Crippen molar-refractivity contribution in [2.45, 2.75) is 44.6 Å². The normalized spacial score (nSPS) is 15.7. The Morgan fingerprint density at radius 2 is 1.74 bits per heavy atom. The van der Waals surface area contributed by atoms with E-state index in [0.29, 0.717) is 41.2 Å². The van der Waals surface area contributed by atoms with E-state index in [1.54, 1.807) is 18.2 Å². The predicted molar refractivity (Wildman–Crippen MR) is 137 cm³/mol. The van der Waals surface area contributed by atoms with Crippen LogP contribution < -0.4 is 9.47 Å². The number of aromatic nitrogens is 1. The molecule has 4 aromatic rings. The van der Waals surface area contributed by atoms with Crippen LogP contribution in [0.15, 0.2) is 60.7 Å². The van der Waals surface area contributed by atoms with Crippen LogP contribution in [0.4, 0.5) is 0 Å². The molecule has 0 spiro atoms. The van der Waals surface area contributed by atoms with Gasteiger partial charge in [0.15, 0.2) is 0 Å². The van der Waals surface area contributed by atoms with Gasteiger partial charge in [-0.2, -0.15) is 0 Å². The molecule has 35 heavy (non-hydrogen) atoms. The summed E-state index contributed by atoms with van der Waals surface area (Å²) in [6.45, 7) is 1.15. The third kappa shape index (κ3) is 4.04. The second-order valence-corrected chi connectivity index (χ2v) is 9.78. The summed E-state index contributed by atoms with van der Waals surface area (Å²) in [6, 6.07) is 18.8. The number of benzene rings is 3. The molecule has 1 fully saturated rings. The number of ether oxygens (including phenoxy) is 2. The van der Waals surface area contributed by atoms with E-state index in [9.17, 15) is 9.90 Å². The average Bonchev–Trinajstić information content (AvgIpc) is 3.07. The van der Waals surface area contributed by atoms with Crippen LogP contribution in [0, 0.1) is 0 Å². The van der Waals surface area contributed by atoms with Crippen molar-refractivity contribution in [3.8, 4) is 28.5 Å². The minimum Gasteiger partial charge on any atom is -0.491 e. The Labute approximate surface area is 208 Å². The first-order valence-electron chi connectivity index (χ1n) is 12.2. The summed E-state index contributed by atoms with van der Waals surface area (Å²) in [5.41, 5.74) is 4.79.